The quantitative estimate of drug-likeness (QED) is 0.656. The molecule has 0 aromatic heterocycles. The minimum atomic E-state index is 0.0810. The SMILES string of the molecule is ClCc1cc(Br)ccc1OC1CCOC2(CCCCC2)C1. The van der Waals surface area contributed by atoms with Gasteiger partial charge in [0, 0.05) is 22.9 Å². The van der Waals surface area contributed by atoms with Gasteiger partial charge in [0.05, 0.1) is 18.1 Å². The third-order valence-corrected chi connectivity index (χ3v) is 5.45. The van der Waals surface area contributed by atoms with Crippen molar-refractivity contribution < 1.29 is 9.47 Å². The molecule has 1 aliphatic carbocycles. The van der Waals surface area contributed by atoms with Crippen LogP contribution in [0.4, 0.5) is 0 Å². The van der Waals surface area contributed by atoms with Crippen LogP contribution in [0.15, 0.2) is 22.7 Å². The second-order valence-electron chi connectivity index (χ2n) is 6.21. The third-order valence-electron chi connectivity index (χ3n) is 4.67. The molecule has 1 heterocycles. The number of halogens is 2. The zero-order chi connectivity index (χ0) is 14.7. The van der Waals surface area contributed by atoms with E-state index in [1.807, 2.05) is 18.2 Å². The fourth-order valence-electron chi connectivity index (χ4n) is 3.57. The molecule has 1 atom stereocenters. The molecule has 3 rings (SSSR count). The van der Waals surface area contributed by atoms with E-state index >= 15 is 0 Å². The Kier molecular flexibility index (Phi) is 5.13. The predicted octanol–water partition coefficient (Wildman–Crippen LogP) is 5.45. The molecule has 4 heteroatoms. The van der Waals surface area contributed by atoms with Crippen LogP contribution in [-0.4, -0.2) is 18.3 Å². The van der Waals surface area contributed by atoms with Gasteiger partial charge in [0.2, 0.25) is 0 Å². The maximum Gasteiger partial charge on any atom is 0.124 e. The van der Waals surface area contributed by atoms with Crippen molar-refractivity contribution in [2.75, 3.05) is 6.61 Å². The molecule has 2 aliphatic rings. The van der Waals surface area contributed by atoms with E-state index in [9.17, 15) is 0 Å². The summed E-state index contributed by atoms with van der Waals surface area (Å²) in [4.78, 5) is 0. The second-order valence-corrected chi connectivity index (χ2v) is 7.39. The fourth-order valence-corrected chi connectivity index (χ4v) is 4.19. The molecule has 2 fully saturated rings. The van der Waals surface area contributed by atoms with Gasteiger partial charge in [-0.05, 0) is 31.0 Å². The van der Waals surface area contributed by atoms with E-state index in [0.29, 0.717) is 5.88 Å². The highest BCUT2D eigenvalue weighted by Gasteiger charge is 2.39. The van der Waals surface area contributed by atoms with E-state index in [2.05, 4.69) is 15.9 Å². The molecule has 1 saturated carbocycles. The van der Waals surface area contributed by atoms with Crippen molar-refractivity contribution in [3.05, 3.63) is 28.2 Å². The van der Waals surface area contributed by atoms with Crippen molar-refractivity contribution in [1.82, 2.24) is 0 Å². The molecule has 1 unspecified atom stereocenters. The van der Waals surface area contributed by atoms with E-state index in [0.717, 1.165) is 35.2 Å². The maximum absolute atomic E-state index is 6.27. The van der Waals surface area contributed by atoms with Crippen LogP contribution < -0.4 is 4.74 Å². The molecule has 1 aromatic rings. The van der Waals surface area contributed by atoms with Gasteiger partial charge in [0.1, 0.15) is 11.9 Å². The van der Waals surface area contributed by atoms with Crippen LogP contribution in [0.3, 0.4) is 0 Å². The fraction of sp³-hybridized carbons (Fsp3) is 0.647. The van der Waals surface area contributed by atoms with Crippen molar-refractivity contribution in [1.29, 1.82) is 0 Å². The third kappa shape index (κ3) is 3.75. The summed E-state index contributed by atoms with van der Waals surface area (Å²) in [6, 6.07) is 6.07. The molecule has 2 nitrogen and oxygen atoms in total. The standard InChI is InChI=1S/C17H22BrClO2/c18-14-4-5-16(13(10-14)12-19)21-15-6-9-20-17(11-15)7-2-1-3-8-17/h4-5,10,15H,1-3,6-9,11-12H2. The Morgan fingerprint density at radius 2 is 2.10 bits per heavy atom. The Balaban J connectivity index is 1.70. The molecule has 1 spiro atoms. The Labute approximate surface area is 140 Å². The topological polar surface area (TPSA) is 18.5 Å². The number of rotatable bonds is 3. The molecular formula is C17H22BrClO2. The predicted molar refractivity (Wildman–Crippen MR) is 89.1 cm³/mol. The van der Waals surface area contributed by atoms with Gasteiger partial charge in [0.25, 0.3) is 0 Å². The molecule has 0 radical (unpaired) electrons. The van der Waals surface area contributed by atoms with Crippen molar-refractivity contribution in [2.45, 2.75) is 62.5 Å². The lowest BCUT2D eigenvalue weighted by Crippen LogP contribution is -2.45. The van der Waals surface area contributed by atoms with Crippen molar-refractivity contribution in [2.24, 2.45) is 0 Å². The number of ether oxygens (including phenoxy) is 2. The van der Waals surface area contributed by atoms with Crippen LogP contribution in [0.5, 0.6) is 5.75 Å². The first-order valence-corrected chi connectivity index (χ1v) is 9.19. The summed E-state index contributed by atoms with van der Waals surface area (Å²) in [5.41, 5.74) is 1.13. The lowest BCUT2D eigenvalue weighted by molar-refractivity contribution is -0.129. The van der Waals surface area contributed by atoms with Crippen LogP contribution in [0.2, 0.25) is 0 Å². The van der Waals surface area contributed by atoms with Crippen molar-refractivity contribution in [3.8, 4) is 5.75 Å². The van der Waals surface area contributed by atoms with Gasteiger partial charge >= 0.3 is 0 Å². The summed E-state index contributed by atoms with van der Waals surface area (Å²) in [6.45, 7) is 0.817. The monoisotopic (exact) mass is 372 g/mol. The Morgan fingerprint density at radius 3 is 2.86 bits per heavy atom. The maximum atomic E-state index is 6.27. The van der Waals surface area contributed by atoms with E-state index in [1.54, 1.807) is 0 Å². The molecule has 21 heavy (non-hydrogen) atoms. The van der Waals surface area contributed by atoms with E-state index in [-0.39, 0.29) is 11.7 Å². The van der Waals surface area contributed by atoms with E-state index in [1.165, 1.54) is 32.1 Å². The molecule has 0 bridgehead atoms. The summed E-state index contributed by atoms with van der Waals surface area (Å²) >= 11 is 9.52. The molecule has 0 N–H and O–H groups in total. The van der Waals surface area contributed by atoms with Gasteiger partial charge in [-0.3, -0.25) is 0 Å². The average molecular weight is 374 g/mol. The molecule has 1 aromatic carbocycles. The lowest BCUT2D eigenvalue weighted by Gasteiger charge is -2.43. The number of hydrogen-bond donors (Lipinski definition) is 0. The van der Waals surface area contributed by atoms with Gasteiger partial charge in [-0.25, -0.2) is 0 Å². The van der Waals surface area contributed by atoms with Crippen LogP contribution in [0, 0.1) is 0 Å². The largest absolute Gasteiger partial charge is 0.490 e. The minimum absolute atomic E-state index is 0.0810. The molecule has 1 aliphatic heterocycles. The zero-order valence-electron chi connectivity index (χ0n) is 12.2. The van der Waals surface area contributed by atoms with Gasteiger partial charge in [-0.1, -0.05) is 35.2 Å². The van der Waals surface area contributed by atoms with Crippen LogP contribution in [0.1, 0.15) is 50.5 Å². The van der Waals surface area contributed by atoms with Crippen LogP contribution in [-0.2, 0) is 10.6 Å². The summed E-state index contributed by atoms with van der Waals surface area (Å²) in [5.74, 6) is 1.40. The van der Waals surface area contributed by atoms with Crippen molar-refractivity contribution >= 4 is 27.5 Å². The van der Waals surface area contributed by atoms with Crippen LogP contribution in [0.25, 0.3) is 0 Å². The Morgan fingerprint density at radius 1 is 1.29 bits per heavy atom. The number of benzene rings is 1. The van der Waals surface area contributed by atoms with E-state index in [4.69, 9.17) is 21.1 Å². The summed E-state index contributed by atoms with van der Waals surface area (Å²) in [5, 5.41) is 0. The first kappa shape index (κ1) is 15.6. The Hall–Kier alpha value is -0.250. The summed E-state index contributed by atoms with van der Waals surface area (Å²) in [6.07, 6.45) is 8.55. The zero-order valence-corrected chi connectivity index (χ0v) is 14.6. The highest BCUT2D eigenvalue weighted by Crippen LogP contribution is 2.40. The summed E-state index contributed by atoms with van der Waals surface area (Å²) in [7, 11) is 0. The lowest BCUT2D eigenvalue weighted by atomic mass is 9.79. The second kappa shape index (κ2) is 6.89. The molecule has 0 amide bonds. The first-order chi connectivity index (χ1) is 10.2. The number of hydrogen-bond acceptors (Lipinski definition) is 2. The van der Waals surface area contributed by atoms with Gasteiger partial charge in [0.15, 0.2) is 0 Å². The smallest absolute Gasteiger partial charge is 0.124 e. The van der Waals surface area contributed by atoms with Gasteiger partial charge < -0.3 is 9.47 Å². The van der Waals surface area contributed by atoms with Gasteiger partial charge in [-0.15, -0.1) is 11.6 Å². The van der Waals surface area contributed by atoms with Crippen molar-refractivity contribution in [3.63, 3.8) is 0 Å². The molecular weight excluding hydrogens is 352 g/mol. The number of alkyl halides is 1. The molecule has 116 valence electrons. The highest BCUT2D eigenvalue weighted by molar-refractivity contribution is 9.10. The van der Waals surface area contributed by atoms with Crippen LogP contribution >= 0.6 is 27.5 Å². The van der Waals surface area contributed by atoms with Gasteiger partial charge in [-0.2, -0.15) is 0 Å². The summed E-state index contributed by atoms with van der Waals surface area (Å²) < 4.78 is 13.5. The molecule has 1 saturated heterocycles. The van der Waals surface area contributed by atoms with E-state index < -0.39 is 0 Å². The minimum Gasteiger partial charge on any atom is -0.490 e. The Bertz CT molecular complexity index is 480. The highest BCUT2D eigenvalue weighted by atomic mass is 79.9. The average Bonchev–Trinajstić information content (AvgIpc) is 2.50. The first-order valence-electron chi connectivity index (χ1n) is 7.86. The normalized spacial score (nSPS) is 25.0.